The van der Waals surface area contributed by atoms with Crippen molar-refractivity contribution in [3.8, 4) is 0 Å². The number of fused-ring (bicyclic) bond motifs is 1. The number of benzene rings is 1. The first-order valence-electron chi connectivity index (χ1n) is 8.79. The van der Waals surface area contributed by atoms with E-state index in [1.54, 1.807) is 0 Å². The molecule has 2 saturated heterocycles. The molecule has 8 heteroatoms. The Kier molecular flexibility index (Phi) is 4.61. The Morgan fingerprint density at radius 3 is 2.56 bits per heavy atom. The number of amides is 2. The van der Waals surface area contributed by atoms with Crippen LogP contribution in [0.1, 0.15) is 6.42 Å². The van der Waals surface area contributed by atoms with E-state index in [9.17, 15) is 9.00 Å². The number of carbonyl (C=O) groups excluding carboxylic acids is 1. The summed E-state index contributed by atoms with van der Waals surface area (Å²) >= 11 is 0. The highest BCUT2D eigenvalue weighted by Crippen LogP contribution is 2.19. The number of nitrogens with one attached hydrogen (secondary N) is 1. The quantitative estimate of drug-likeness (QED) is 0.830. The van der Waals surface area contributed by atoms with Gasteiger partial charge in [-0.3, -0.25) is 4.21 Å². The van der Waals surface area contributed by atoms with E-state index in [-0.39, 0.29) is 6.03 Å². The fourth-order valence-corrected chi connectivity index (χ4v) is 4.49. The highest BCUT2D eigenvalue weighted by molar-refractivity contribution is 7.85. The average Bonchev–Trinajstić information content (AvgIpc) is 2.91. The number of hydrogen-bond acceptors (Lipinski definition) is 4. The topological polar surface area (TPSA) is 72.5 Å². The number of aromatic nitrogens is 2. The normalized spacial score (nSPS) is 20.1. The largest absolute Gasteiger partial charge is 0.341 e. The van der Waals surface area contributed by atoms with Gasteiger partial charge >= 0.3 is 6.03 Å². The lowest BCUT2D eigenvalue weighted by atomic mass is 10.3. The Morgan fingerprint density at radius 2 is 1.76 bits per heavy atom. The summed E-state index contributed by atoms with van der Waals surface area (Å²) in [5.41, 5.74) is 2.01. The number of rotatable bonds is 1. The Morgan fingerprint density at radius 1 is 1.00 bits per heavy atom. The van der Waals surface area contributed by atoms with E-state index in [0.717, 1.165) is 43.0 Å². The van der Waals surface area contributed by atoms with Crippen LogP contribution in [0, 0.1) is 0 Å². The van der Waals surface area contributed by atoms with Crippen LogP contribution in [0.4, 0.5) is 10.7 Å². The zero-order valence-electron chi connectivity index (χ0n) is 14.2. The first-order valence-corrected chi connectivity index (χ1v) is 10.3. The van der Waals surface area contributed by atoms with Gasteiger partial charge in [-0.15, -0.1) is 0 Å². The lowest BCUT2D eigenvalue weighted by molar-refractivity contribution is 0.160. The summed E-state index contributed by atoms with van der Waals surface area (Å²) in [5.74, 6) is 2.08. The van der Waals surface area contributed by atoms with Crippen LogP contribution in [0.25, 0.3) is 11.0 Å². The van der Waals surface area contributed by atoms with Crippen LogP contribution in [0.2, 0.25) is 0 Å². The molecule has 2 aliphatic heterocycles. The Bertz CT molecular complexity index is 749. The molecule has 0 radical (unpaired) electrons. The smallest absolute Gasteiger partial charge is 0.320 e. The van der Waals surface area contributed by atoms with E-state index in [0.29, 0.717) is 31.1 Å². The van der Waals surface area contributed by atoms with Gasteiger partial charge in [0.1, 0.15) is 0 Å². The van der Waals surface area contributed by atoms with Crippen molar-refractivity contribution in [2.24, 2.45) is 0 Å². The number of nitrogens with zero attached hydrogens (tertiary/aromatic N) is 4. The molecule has 0 saturated carbocycles. The average molecular weight is 361 g/mol. The molecule has 0 bridgehead atoms. The number of H-pyrrole nitrogens is 1. The molecular weight excluding hydrogens is 338 g/mol. The van der Waals surface area contributed by atoms with Gasteiger partial charge in [0.05, 0.1) is 11.0 Å². The molecule has 3 heterocycles. The van der Waals surface area contributed by atoms with Crippen LogP contribution in [0.3, 0.4) is 0 Å². The number of imidazole rings is 1. The summed E-state index contributed by atoms with van der Waals surface area (Å²) < 4.78 is 11.5. The fraction of sp³-hybridized carbons (Fsp3) is 0.529. The summed E-state index contributed by atoms with van der Waals surface area (Å²) in [4.78, 5) is 26.7. The maximum Gasteiger partial charge on any atom is 0.320 e. The monoisotopic (exact) mass is 361 g/mol. The predicted octanol–water partition coefficient (Wildman–Crippen LogP) is 1.26. The van der Waals surface area contributed by atoms with Crippen LogP contribution in [-0.4, -0.2) is 80.8 Å². The Balaban J connectivity index is 1.41. The van der Waals surface area contributed by atoms with Crippen molar-refractivity contribution in [1.82, 2.24) is 19.8 Å². The molecular formula is C17H23N5O2S. The van der Waals surface area contributed by atoms with Gasteiger partial charge < -0.3 is 19.7 Å². The fourth-order valence-electron chi connectivity index (χ4n) is 3.44. The van der Waals surface area contributed by atoms with E-state index in [1.165, 1.54) is 0 Å². The van der Waals surface area contributed by atoms with E-state index in [2.05, 4.69) is 14.9 Å². The molecule has 0 unspecified atom stereocenters. The second-order valence-corrected chi connectivity index (χ2v) is 8.22. The van der Waals surface area contributed by atoms with Gasteiger partial charge in [-0.2, -0.15) is 0 Å². The number of carbonyl (C=O) groups is 1. The van der Waals surface area contributed by atoms with E-state index in [4.69, 9.17) is 0 Å². The first kappa shape index (κ1) is 16.4. The molecule has 2 aliphatic rings. The van der Waals surface area contributed by atoms with Crippen LogP contribution in [0.15, 0.2) is 24.3 Å². The predicted molar refractivity (Wildman–Crippen MR) is 99.3 cm³/mol. The molecule has 1 aromatic heterocycles. The molecule has 2 aromatic rings. The third-order valence-electron chi connectivity index (χ3n) is 4.89. The molecule has 4 rings (SSSR count). The molecule has 7 nitrogen and oxygen atoms in total. The van der Waals surface area contributed by atoms with E-state index in [1.807, 2.05) is 34.1 Å². The summed E-state index contributed by atoms with van der Waals surface area (Å²) in [6, 6.07) is 8.10. The Hall–Kier alpha value is -2.09. The highest BCUT2D eigenvalue weighted by atomic mass is 32.2. The standard InChI is InChI=1S/C17H23N5O2S/c23-17(22-10-12-25(24)13-11-22)21-7-3-6-20(8-9-21)16-18-14-4-1-2-5-15(14)19-16/h1-2,4-5H,3,6-13H2,(H,18,19). The summed E-state index contributed by atoms with van der Waals surface area (Å²) in [6.45, 7) is 4.31. The number of urea groups is 1. The molecule has 2 amide bonds. The minimum Gasteiger partial charge on any atom is -0.341 e. The second kappa shape index (κ2) is 7.03. The Labute approximate surface area is 149 Å². The van der Waals surface area contributed by atoms with Gasteiger partial charge in [0, 0.05) is 61.6 Å². The van der Waals surface area contributed by atoms with Crippen LogP contribution < -0.4 is 4.90 Å². The lowest BCUT2D eigenvalue weighted by Gasteiger charge is -2.32. The summed E-state index contributed by atoms with van der Waals surface area (Å²) in [6.07, 6.45) is 0.919. The molecule has 134 valence electrons. The third-order valence-corrected chi connectivity index (χ3v) is 6.17. The van der Waals surface area contributed by atoms with E-state index < -0.39 is 10.8 Å². The van der Waals surface area contributed by atoms with Gasteiger partial charge in [0.25, 0.3) is 0 Å². The first-order chi connectivity index (χ1) is 12.2. The van der Waals surface area contributed by atoms with Gasteiger partial charge in [-0.1, -0.05) is 12.1 Å². The number of hydrogen-bond donors (Lipinski definition) is 1. The molecule has 0 atom stereocenters. The van der Waals surface area contributed by atoms with Crippen molar-refractivity contribution >= 4 is 33.8 Å². The van der Waals surface area contributed by atoms with Gasteiger partial charge in [0.15, 0.2) is 0 Å². The van der Waals surface area contributed by atoms with Crippen molar-refractivity contribution in [2.45, 2.75) is 6.42 Å². The van der Waals surface area contributed by atoms with Crippen molar-refractivity contribution in [2.75, 3.05) is 55.7 Å². The molecule has 1 N–H and O–H groups in total. The highest BCUT2D eigenvalue weighted by Gasteiger charge is 2.27. The lowest BCUT2D eigenvalue weighted by Crippen LogP contribution is -2.49. The van der Waals surface area contributed by atoms with Gasteiger partial charge in [0.2, 0.25) is 5.95 Å². The second-order valence-electron chi connectivity index (χ2n) is 6.52. The third kappa shape index (κ3) is 3.49. The number of aromatic amines is 1. The van der Waals surface area contributed by atoms with Gasteiger partial charge in [-0.25, -0.2) is 9.78 Å². The van der Waals surface area contributed by atoms with Crippen LogP contribution in [0.5, 0.6) is 0 Å². The summed E-state index contributed by atoms with van der Waals surface area (Å²) in [5, 5.41) is 0. The van der Waals surface area contributed by atoms with Crippen LogP contribution in [-0.2, 0) is 10.8 Å². The molecule has 0 spiro atoms. The maximum atomic E-state index is 12.7. The zero-order chi connectivity index (χ0) is 17.2. The van der Waals surface area contributed by atoms with Crippen molar-refractivity contribution in [1.29, 1.82) is 0 Å². The summed E-state index contributed by atoms with van der Waals surface area (Å²) in [7, 11) is -0.757. The molecule has 0 aliphatic carbocycles. The van der Waals surface area contributed by atoms with E-state index >= 15 is 0 Å². The maximum absolute atomic E-state index is 12.7. The van der Waals surface area contributed by atoms with Crippen molar-refractivity contribution < 1.29 is 9.00 Å². The van der Waals surface area contributed by atoms with Gasteiger partial charge in [-0.05, 0) is 18.6 Å². The van der Waals surface area contributed by atoms with Crippen molar-refractivity contribution in [3.63, 3.8) is 0 Å². The number of para-hydroxylation sites is 2. The molecule has 1 aromatic carbocycles. The molecule has 25 heavy (non-hydrogen) atoms. The zero-order valence-corrected chi connectivity index (χ0v) is 15.0. The SMILES string of the molecule is O=C(N1CCCN(c2nc3ccccc3[nH]2)CC1)N1CCS(=O)CC1. The van der Waals surface area contributed by atoms with Crippen molar-refractivity contribution in [3.05, 3.63) is 24.3 Å². The minimum atomic E-state index is -0.757. The minimum absolute atomic E-state index is 0.0863. The number of anilines is 1. The molecule has 2 fully saturated rings. The van der Waals surface area contributed by atoms with Crippen LogP contribution >= 0.6 is 0 Å².